The minimum atomic E-state index is -5.98. The molecule has 38 heavy (non-hydrogen) atoms. The van der Waals surface area contributed by atoms with E-state index in [2.05, 4.69) is 47.4 Å². The zero-order chi connectivity index (χ0) is 28.7. The molecule has 0 bridgehead atoms. The topological polar surface area (TPSA) is 131 Å². The fourth-order valence-electron chi connectivity index (χ4n) is 5.00. The number of hydrogen-bond acceptors (Lipinski definition) is 9. The van der Waals surface area contributed by atoms with Crippen molar-refractivity contribution in [2.45, 2.75) is 69.6 Å². The molecule has 3 rings (SSSR count). The SMILES string of the molecule is COc1cc(OS(=O)(=O)C(F)(F)F)cc(CC(=O)O)c1-c1ccc(N(C)C2CC(C)(C)NC(C)(C)C2)nn1. The first-order valence-corrected chi connectivity index (χ1v) is 13.0. The van der Waals surface area contributed by atoms with Crippen LogP contribution in [0.5, 0.6) is 11.5 Å². The highest BCUT2D eigenvalue weighted by Crippen LogP contribution is 2.39. The minimum absolute atomic E-state index is 0.0681. The van der Waals surface area contributed by atoms with Crippen LogP contribution in [0.1, 0.15) is 46.1 Å². The maximum atomic E-state index is 12.8. The number of piperidine rings is 1. The Morgan fingerprint density at radius 2 is 1.76 bits per heavy atom. The van der Waals surface area contributed by atoms with Crippen LogP contribution in [-0.4, -0.2) is 66.5 Å². The van der Waals surface area contributed by atoms with Crippen molar-refractivity contribution < 1.29 is 40.4 Å². The van der Waals surface area contributed by atoms with Crippen molar-refractivity contribution in [1.29, 1.82) is 0 Å². The molecule has 1 fully saturated rings. The third-order valence-corrected chi connectivity index (χ3v) is 7.17. The molecular formula is C24H31F3N4O6S. The van der Waals surface area contributed by atoms with Gasteiger partial charge in [0.15, 0.2) is 5.82 Å². The summed E-state index contributed by atoms with van der Waals surface area (Å²) in [7, 11) is -2.87. The molecule has 1 aromatic heterocycles. The molecule has 1 aliphatic rings. The highest BCUT2D eigenvalue weighted by molar-refractivity contribution is 7.88. The Kier molecular flexibility index (Phi) is 7.91. The number of halogens is 3. The quantitative estimate of drug-likeness (QED) is 0.364. The average Bonchev–Trinajstić information content (AvgIpc) is 2.75. The van der Waals surface area contributed by atoms with E-state index in [0.29, 0.717) is 5.82 Å². The number of carboxylic acids is 1. The van der Waals surface area contributed by atoms with Gasteiger partial charge < -0.3 is 24.2 Å². The first kappa shape index (κ1) is 29.4. The number of methoxy groups -OCH3 is 1. The summed E-state index contributed by atoms with van der Waals surface area (Å²) in [5.41, 5.74) is -5.61. The molecule has 1 aliphatic heterocycles. The molecule has 14 heteroatoms. The minimum Gasteiger partial charge on any atom is -0.496 e. The van der Waals surface area contributed by atoms with Crippen LogP contribution in [0.2, 0.25) is 0 Å². The van der Waals surface area contributed by atoms with Crippen LogP contribution in [0.4, 0.5) is 19.0 Å². The number of aromatic nitrogens is 2. The Bertz CT molecular complexity index is 1280. The summed E-state index contributed by atoms with van der Waals surface area (Å²) in [5.74, 6) is -1.63. The number of hydrogen-bond donors (Lipinski definition) is 2. The normalized spacial score (nSPS) is 17.6. The second-order valence-corrected chi connectivity index (χ2v) is 12.1. The van der Waals surface area contributed by atoms with Gasteiger partial charge in [-0.25, -0.2) is 0 Å². The van der Waals surface area contributed by atoms with Crippen molar-refractivity contribution >= 4 is 21.9 Å². The Hall–Kier alpha value is -3.13. The maximum absolute atomic E-state index is 12.8. The van der Waals surface area contributed by atoms with E-state index in [1.165, 1.54) is 7.11 Å². The number of nitrogens with zero attached hydrogens (tertiary/aromatic N) is 3. The van der Waals surface area contributed by atoms with Gasteiger partial charge in [-0.05, 0) is 64.3 Å². The van der Waals surface area contributed by atoms with Crippen LogP contribution in [0.25, 0.3) is 11.3 Å². The first-order chi connectivity index (χ1) is 17.3. The summed E-state index contributed by atoms with van der Waals surface area (Å²) >= 11 is 0. The molecular weight excluding hydrogens is 529 g/mol. The third-order valence-electron chi connectivity index (χ3n) is 6.19. The third kappa shape index (κ3) is 6.65. The van der Waals surface area contributed by atoms with E-state index >= 15 is 0 Å². The monoisotopic (exact) mass is 560 g/mol. The zero-order valence-electron chi connectivity index (χ0n) is 21.9. The zero-order valence-corrected chi connectivity index (χ0v) is 22.7. The smallest absolute Gasteiger partial charge is 0.496 e. The molecule has 0 atom stereocenters. The van der Waals surface area contributed by atoms with Crippen molar-refractivity contribution in [2.24, 2.45) is 0 Å². The Balaban J connectivity index is 1.99. The molecule has 10 nitrogen and oxygen atoms in total. The summed E-state index contributed by atoms with van der Waals surface area (Å²) in [6, 6.07) is 5.27. The average molecular weight is 561 g/mol. The second-order valence-electron chi connectivity index (χ2n) is 10.6. The van der Waals surface area contributed by atoms with E-state index in [-0.39, 0.29) is 39.7 Å². The van der Waals surface area contributed by atoms with Gasteiger partial charge in [-0.15, -0.1) is 10.2 Å². The van der Waals surface area contributed by atoms with Gasteiger partial charge in [0.05, 0.1) is 19.2 Å². The number of carbonyl (C=O) groups is 1. The van der Waals surface area contributed by atoms with Gasteiger partial charge in [0.2, 0.25) is 0 Å². The first-order valence-electron chi connectivity index (χ1n) is 11.6. The van der Waals surface area contributed by atoms with Crippen molar-refractivity contribution in [3.8, 4) is 22.8 Å². The Labute approximate surface area is 219 Å². The predicted molar refractivity (Wildman–Crippen MR) is 134 cm³/mol. The molecule has 0 spiro atoms. The van der Waals surface area contributed by atoms with Gasteiger partial charge >= 0.3 is 21.6 Å². The van der Waals surface area contributed by atoms with E-state index in [4.69, 9.17) is 4.74 Å². The second kappa shape index (κ2) is 10.2. The number of rotatable bonds is 8. The van der Waals surface area contributed by atoms with Crippen LogP contribution in [-0.2, 0) is 21.3 Å². The summed E-state index contributed by atoms with van der Waals surface area (Å²) < 4.78 is 70.9. The van der Waals surface area contributed by atoms with Crippen LogP contribution < -0.4 is 19.1 Å². The highest BCUT2D eigenvalue weighted by Gasteiger charge is 2.48. The number of nitrogens with one attached hydrogen (secondary N) is 1. The van der Waals surface area contributed by atoms with Gasteiger partial charge in [-0.3, -0.25) is 4.79 Å². The number of carboxylic acid groups (broad SMARTS) is 1. The molecule has 0 radical (unpaired) electrons. The number of alkyl halides is 3. The number of ether oxygens (including phenoxy) is 1. The molecule has 210 valence electrons. The molecule has 1 aromatic carbocycles. The largest absolute Gasteiger partial charge is 0.534 e. The van der Waals surface area contributed by atoms with Crippen molar-refractivity contribution in [2.75, 3.05) is 19.1 Å². The van der Waals surface area contributed by atoms with Crippen LogP contribution in [0.15, 0.2) is 24.3 Å². The maximum Gasteiger partial charge on any atom is 0.534 e. The molecule has 0 saturated carbocycles. The molecule has 2 heterocycles. The van der Waals surface area contributed by atoms with Gasteiger partial charge in [-0.1, -0.05) is 0 Å². The number of benzene rings is 1. The Morgan fingerprint density at radius 1 is 1.16 bits per heavy atom. The standard InChI is InChI=1S/C24H31F3N4O6S/c1-22(2)12-15(13-23(3,4)30-22)31(5)19-8-7-17(28-29-19)21-14(10-20(32)33)9-16(11-18(21)36-6)37-38(34,35)24(25,26)27/h7-9,11,15,30H,10,12-13H2,1-6H3,(H,32,33). The van der Waals surface area contributed by atoms with Gasteiger partial charge in [0.25, 0.3) is 0 Å². The predicted octanol–water partition coefficient (Wildman–Crippen LogP) is 3.75. The van der Waals surface area contributed by atoms with Gasteiger partial charge in [0, 0.05) is 35.8 Å². The fourth-order valence-corrected chi connectivity index (χ4v) is 5.44. The van der Waals surface area contributed by atoms with Gasteiger partial charge in [0.1, 0.15) is 11.5 Å². The lowest BCUT2D eigenvalue weighted by Crippen LogP contribution is -2.62. The molecule has 0 amide bonds. The fraction of sp³-hybridized carbons (Fsp3) is 0.542. The van der Waals surface area contributed by atoms with Crippen molar-refractivity contribution in [1.82, 2.24) is 15.5 Å². The van der Waals surface area contributed by atoms with Crippen LogP contribution >= 0.6 is 0 Å². The summed E-state index contributed by atoms with van der Waals surface area (Å²) in [4.78, 5) is 13.5. The van der Waals surface area contributed by atoms with Gasteiger partial charge in [-0.2, -0.15) is 21.6 Å². The molecule has 1 saturated heterocycles. The van der Waals surface area contributed by atoms with Crippen molar-refractivity contribution in [3.63, 3.8) is 0 Å². The summed E-state index contributed by atoms with van der Waals surface area (Å²) in [6.07, 6.45) is 1.04. The number of aliphatic carboxylic acids is 1. The number of anilines is 1. The lowest BCUT2D eigenvalue weighted by molar-refractivity contribution is -0.136. The van der Waals surface area contributed by atoms with E-state index < -0.39 is 33.8 Å². The van der Waals surface area contributed by atoms with E-state index in [1.807, 2.05) is 11.9 Å². The summed E-state index contributed by atoms with van der Waals surface area (Å²) in [6.45, 7) is 8.53. The molecule has 0 aliphatic carbocycles. The van der Waals surface area contributed by atoms with Crippen molar-refractivity contribution in [3.05, 3.63) is 29.8 Å². The highest BCUT2D eigenvalue weighted by atomic mass is 32.2. The Morgan fingerprint density at radius 3 is 2.24 bits per heavy atom. The lowest BCUT2D eigenvalue weighted by atomic mass is 9.79. The molecule has 2 aromatic rings. The van der Waals surface area contributed by atoms with E-state index in [1.54, 1.807) is 12.1 Å². The van der Waals surface area contributed by atoms with Crippen LogP contribution in [0.3, 0.4) is 0 Å². The van der Waals surface area contributed by atoms with E-state index in [0.717, 1.165) is 25.0 Å². The lowest BCUT2D eigenvalue weighted by Gasteiger charge is -2.49. The van der Waals surface area contributed by atoms with Crippen LogP contribution in [0, 0.1) is 0 Å². The molecule has 0 unspecified atom stereocenters. The summed E-state index contributed by atoms with van der Waals surface area (Å²) in [5, 5.41) is 21.5. The molecule has 2 N–H and O–H groups in total. The van der Waals surface area contributed by atoms with E-state index in [9.17, 15) is 31.5 Å².